The van der Waals surface area contributed by atoms with Crippen LogP contribution in [0.2, 0.25) is 0 Å². The van der Waals surface area contributed by atoms with Crippen LogP contribution in [0.1, 0.15) is 39.3 Å². The Morgan fingerprint density at radius 2 is 1.68 bits per heavy atom. The monoisotopic (exact) mass is 262 g/mol. The minimum atomic E-state index is 0.283. The first kappa shape index (κ1) is 16.2. The summed E-state index contributed by atoms with van der Waals surface area (Å²) in [5.74, 6) is 0.595. The third-order valence-electron chi connectivity index (χ3n) is 3.37. The molecule has 0 spiro atoms. The number of nitrogens with one attached hydrogen (secondary N) is 1. The van der Waals surface area contributed by atoms with Gasteiger partial charge in [-0.05, 0) is 31.0 Å². The number of nitrogens with zero attached hydrogens (tertiary/aromatic N) is 1. The van der Waals surface area contributed by atoms with Gasteiger partial charge in [0.05, 0.1) is 0 Å². The summed E-state index contributed by atoms with van der Waals surface area (Å²) in [5, 5.41) is 3.75. The van der Waals surface area contributed by atoms with E-state index in [1.165, 1.54) is 5.56 Å². The van der Waals surface area contributed by atoms with Gasteiger partial charge in [-0.2, -0.15) is 0 Å². The Labute approximate surface area is 119 Å². The lowest BCUT2D eigenvalue weighted by Crippen LogP contribution is -2.40. The molecule has 1 rings (SSSR count). The topological polar surface area (TPSA) is 15.3 Å². The lowest BCUT2D eigenvalue weighted by Gasteiger charge is -2.32. The fourth-order valence-corrected chi connectivity index (χ4v) is 2.70. The van der Waals surface area contributed by atoms with E-state index in [1.54, 1.807) is 0 Å². The van der Waals surface area contributed by atoms with Crippen molar-refractivity contribution in [1.29, 1.82) is 0 Å². The molecule has 108 valence electrons. The fraction of sp³-hybridized carbons (Fsp3) is 0.647. The number of benzene rings is 1. The van der Waals surface area contributed by atoms with E-state index in [1.807, 2.05) is 0 Å². The first-order valence-corrected chi connectivity index (χ1v) is 7.25. The van der Waals surface area contributed by atoms with Crippen molar-refractivity contribution in [3.05, 3.63) is 35.9 Å². The SMILES string of the molecule is CC(C)C(NCC(C)(C)CN(C)C)c1ccccc1. The maximum atomic E-state index is 3.75. The van der Waals surface area contributed by atoms with E-state index >= 15 is 0 Å². The second-order valence-electron chi connectivity index (χ2n) is 6.92. The Hall–Kier alpha value is -0.860. The van der Waals surface area contributed by atoms with E-state index in [4.69, 9.17) is 0 Å². The molecule has 0 radical (unpaired) electrons. The molecule has 2 nitrogen and oxygen atoms in total. The summed E-state index contributed by atoms with van der Waals surface area (Å²) in [4.78, 5) is 2.26. The van der Waals surface area contributed by atoms with Crippen molar-refractivity contribution >= 4 is 0 Å². The van der Waals surface area contributed by atoms with Crippen molar-refractivity contribution in [2.75, 3.05) is 27.2 Å². The van der Waals surface area contributed by atoms with Gasteiger partial charge in [-0.25, -0.2) is 0 Å². The van der Waals surface area contributed by atoms with Crippen molar-refractivity contribution in [2.45, 2.75) is 33.7 Å². The van der Waals surface area contributed by atoms with E-state index in [0.29, 0.717) is 12.0 Å². The van der Waals surface area contributed by atoms with Gasteiger partial charge in [-0.3, -0.25) is 0 Å². The molecule has 1 unspecified atom stereocenters. The predicted molar refractivity (Wildman–Crippen MR) is 84.4 cm³/mol. The molecule has 1 atom stereocenters. The van der Waals surface area contributed by atoms with Gasteiger partial charge in [0, 0.05) is 19.1 Å². The quantitative estimate of drug-likeness (QED) is 0.808. The van der Waals surface area contributed by atoms with Crippen LogP contribution in [0.5, 0.6) is 0 Å². The molecule has 0 heterocycles. The van der Waals surface area contributed by atoms with E-state index < -0.39 is 0 Å². The molecule has 0 aliphatic heterocycles. The highest BCUT2D eigenvalue weighted by atomic mass is 15.1. The molecule has 0 aromatic heterocycles. The maximum absolute atomic E-state index is 3.75. The minimum absolute atomic E-state index is 0.283. The highest BCUT2D eigenvalue weighted by molar-refractivity contribution is 5.19. The highest BCUT2D eigenvalue weighted by Gasteiger charge is 2.22. The molecule has 0 aliphatic carbocycles. The van der Waals surface area contributed by atoms with Crippen LogP contribution in [0.25, 0.3) is 0 Å². The van der Waals surface area contributed by atoms with Gasteiger partial charge < -0.3 is 10.2 Å². The average molecular weight is 262 g/mol. The normalized spacial score (nSPS) is 14.1. The molecule has 1 aromatic rings. The number of hydrogen-bond donors (Lipinski definition) is 1. The molecule has 19 heavy (non-hydrogen) atoms. The summed E-state index contributed by atoms with van der Waals surface area (Å²) < 4.78 is 0. The Morgan fingerprint density at radius 1 is 1.11 bits per heavy atom. The zero-order valence-electron chi connectivity index (χ0n) is 13.4. The summed E-state index contributed by atoms with van der Waals surface area (Å²) >= 11 is 0. The molecule has 0 aliphatic rings. The molecule has 0 saturated heterocycles. The van der Waals surface area contributed by atoms with Gasteiger partial charge in [0.15, 0.2) is 0 Å². The molecular weight excluding hydrogens is 232 g/mol. The molecule has 0 bridgehead atoms. The first-order valence-electron chi connectivity index (χ1n) is 7.25. The third-order valence-corrected chi connectivity index (χ3v) is 3.37. The largest absolute Gasteiger partial charge is 0.309 e. The van der Waals surface area contributed by atoms with Crippen molar-refractivity contribution in [1.82, 2.24) is 10.2 Å². The van der Waals surface area contributed by atoms with Crippen molar-refractivity contribution in [3.8, 4) is 0 Å². The van der Waals surface area contributed by atoms with Gasteiger partial charge in [-0.1, -0.05) is 58.0 Å². The number of hydrogen-bond acceptors (Lipinski definition) is 2. The van der Waals surface area contributed by atoms with Gasteiger partial charge in [0.25, 0.3) is 0 Å². The minimum Gasteiger partial charge on any atom is -0.309 e. The lowest BCUT2D eigenvalue weighted by molar-refractivity contribution is 0.218. The Balaban J connectivity index is 2.66. The van der Waals surface area contributed by atoms with Crippen molar-refractivity contribution < 1.29 is 0 Å². The smallest absolute Gasteiger partial charge is 0.0343 e. The molecule has 2 heteroatoms. The summed E-state index contributed by atoms with van der Waals surface area (Å²) in [7, 11) is 4.28. The van der Waals surface area contributed by atoms with Crippen molar-refractivity contribution in [3.63, 3.8) is 0 Å². The second kappa shape index (κ2) is 7.06. The Bertz CT molecular complexity index is 355. The molecule has 1 N–H and O–H groups in total. The van der Waals surface area contributed by atoms with Crippen LogP contribution < -0.4 is 5.32 Å². The Kier molecular flexibility index (Phi) is 6.02. The molecular formula is C17H30N2. The molecule has 0 saturated carbocycles. The molecule has 0 amide bonds. The van der Waals surface area contributed by atoms with Crippen LogP contribution in [-0.2, 0) is 0 Å². The third kappa shape index (κ3) is 5.75. The highest BCUT2D eigenvalue weighted by Crippen LogP contribution is 2.23. The summed E-state index contributed by atoms with van der Waals surface area (Å²) in [6.07, 6.45) is 0. The standard InChI is InChI=1S/C17H30N2/c1-14(2)16(15-10-8-7-9-11-15)18-12-17(3,4)13-19(5)6/h7-11,14,16,18H,12-13H2,1-6H3. The van der Waals surface area contributed by atoms with Crippen LogP contribution in [0.15, 0.2) is 30.3 Å². The van der Waals surface area contributed by atoms with Gasteiger partial charge in [-0.15, -0.1) is 0 Å². The summed E-state index contributed by atoms with van der Waals surface area (Å²) in [6.45, 7) is 11.3. The van der Waals surface area contributed by atoms with Crippen LogP contribution in [-0.4, -0.2) is 32.1 Å². The van der Waals surface area contributed by atoms with Gasteiger partial charge >= 0.3 is 0 Å². The lowest BCUT2D eigenvalue weighted by atomic mass is 9.90. The van der Waals surface area contributed by atoms with Crippen molar-refractivity contribution in [2.24, 2.45) is 11.3 Å². The Morgan fingerprint density at radius 3 is 2.16 bits per heavy atom. The molecule has 1 aromatic carbocycles. The van der Waals surface area contributed by atoms with Gasteiger partial charge in [0.2, 0.25) is 0 Å². The van der Waals surface area contributed by atoms with Crippen LogP contribution >= 0.6 is 0 Å². The first-order chi connectivity index (χ1) is 8.82. The summed E-state index contributed by atoms with van der Waals surface area (Å²) in [6, 6.07) is 11.2. The predicted octanol–water partition coefficient (Wildman–Crippen LogP) is 3.56. The van der Waals surface area contributed by atoms with E-state index in [2.05, 4.69) is 82.3 Å². The fourth-order valence-electron chi connectivity index (χ4n) is 2.70. The zero-order valence-corrected chi connectivity index (χ0v) is 13.4. The van der Waals surface area contributed by atoms with Crippen LogP contribution in [0.4, 0.5) is 0 Å². The number of rotatable bonds is 7. The zero-order chi connectivity index (χ0) is 14.5. The average Bonchev–Trinajstić information content (AvgIpc) is 2.28. The van der Waals surface area contributed by atoms with Crippen LogP contribution in [0.3, 0.4) is 0 Å². The van der Waals surface area contributed by atoms with Gasteiger partial charge in [0.1, 0.15) is 0 Å². The summed E-state index contributed by atoms with van der Waals surface area (Å²) in [5.41, 5.74) is 1.67. The van der Waals surface area contributed by atoms with Crippen LogP contribution in [0, 0.1) is 11.3 Å². The molecule has 0 fully saturated rings. The second-order valence-corrected chi connectivity index (χ2v) is 6.92. The van der Waals surface area contributed by atoms with E-state index in [-0.39, 0.29) is 5.41 Å². The van der Waals surface area contributed by atoms with E-state index in [9.17, 15) is 0 Å². The van der Waals surface area contributed by atoms with E-state index in [0.717, 1.165) is 13.1 Å². The maximum Gasteiger partial charge on any atom is 0.0343 e.